The second kappa shape index (κ2) is 4.23. The minimum Gasteiger partial charge on any atom is -0.370 e. The number of ketones is 1. The molecule has 2 aliphatic rings. The lowest BCUT2D eigenvalue weighted by molar-refractivity contribution is -0.131. The van der Waals surface area contributed by atoms with Crippen molar-refractivity contribution in [3.05, 3.63) is 0 Å². The first-order valence-electron chi connectivity index (χ1n) is 5.50. The monoisotopic (exact) mass is 182 g/mol. The van der Waals surface area contributed by atoms with Gasteiger partial charge >= 0.3 is 0 Å². The van der Waals surface area contributed by atoms with Crippen LogP contribution in [0.1, 0.15) is 44.9 Å². The number of hydrogen-bond acceptors (Lipinski definition) is 2. The minimum atomic E-state index is 0.333. The van der Waals surface area contributed by atoms with Gasteiger partial charge in [0.15, 0.2) is 5.78 Å². The van der Waals surface area contributed by atoms with Crippen molar-refractivity contribution in [2.75, 3.05) is 6.61 Å². The topological polar surface area (TPSA) is 26.3 Å². The molecular formula is C11H18O2. The van der Waals surface area contributed by atoms with Crippen molar-refractivity contribution in [2.45, 2.75) is 51.0 Å². The molecule has 0 N–H and O–H groups in total. The molecule has 0 aromatic carbocycles. The van der Waals surface area contributed by atoms with E-state index < -0.39 is 0 Å². The van der Waals surface area contributed by atoms with E-state index >= 15 is 0 Å². The van der Waals surface area contributed by atoms with Gasteiger partial charge < -0.3 is 4.74 Å². The quantitative estimate of drug-likeness (QED) is 0.667. The predicted molar refractivity (Wildman–Crippen MR) is 50.6 cm³/mol. The van der Waals surface area contributed by atoms with Crippen LogP contribution < -0.4 is 0 Å². The molecule has 0 aliphatic heterocycles. The highest BCUT2D eigenvalue weighted by molar-refractivity contribution is 5.82. The molecule has 0 radical (unpaired) electrons. The van der Waals surface area contributed by atoms with Crippen molar-refractivity contribution < 1.29 is 9.53 Å². The summed E-state index contributed by atoms with van der Waals surface area (Å²) in [5.74, 6) is 0.685. The van der Waals surface area contributed by atoms with Crippen LogP contribution in [-0.2, 0) is 9.53 Å². The second-order valence-electron chi connectivity index (χ2n) is 4.31. The zero-order chi connectivity index (χ0) is 9.10. The van der Waals surface area contributed by atoms with Crippen LogP contribution in [0.2, 0.25) is 0 Å². The molecule has 0 saturated heterocycles. The molecule has 2 nitrogen and oxygen atoms in total. The number of hydrogen-bond donors (Lipinski definition) is 0. The Kier molecular flexibility index (Phi) is 2.99. The average Bonchev–Trinajstić information content (AvgIpc) is 2.52. The molecule has 0 atom stereocenters. The summed E-state index contributed by atoms with van der Waals surface area (Å²) >= 11 is 0. The van der Waals surface area contributed by atoms with E-state index in [-0.39, 0.29) is 0 Å². The van der Waals surface area contributed by atoms with E-state index in [9.17, 15) is 4.79 Å². The molecule has 13 heavy (non-hydrogen) atoms. The number of Topliss-reactive ketones (excluding diaryl/α,β-unsaturated/α-hetero) is 1. The Labute approximate surface area is 79.7 Å². The standard InChI is InChI=1S/C11H18O2/c12-11(9-4-1-2-5-9)8-13-10-6-3-7-10/h9-10H,1-8H2. The Balaban J connectivity index is 1.65. The number of carbonyl (C=O) groups is 1. The summed E-state index contributed by atoms with van der Waals surface area (Å²) in [5, 5.41) is 0. The fourth-order valence-corrected chi connectivity index (χ4v) is 2.10. The van der Waals surface area contributed by atoms with Crippen molar-refractivity contribution in [3.63, 3.8) is 0 Å². The zero-order valence-electron chi connectivity index (χ0n) is 8.13. The van der Waals surface area contributed by atoms with Gasteiger partial charge in [0.25, 0.3) is 0 Å². The van der Waals surface area contributed by atoms with Crippen LogP contribution in [0.15, 0.2) is 0 Å². The van der Waals surface area contributed by atoms with E-state index in [1.54, 1.807) is 0 Å². The molecule has 0 unspecified atom stereocenters. The zero-order valence-corrected chi connectivity index (χ0v) is 8.13. The molecule has 2 aliphatic carbocycles. The fraction of sp³-hybridized carbons (Fsp3) is 0.909. The lowest BCUT2D eigenvalue weighted by Gasteiger charge is -2.25. The van der Waals surface area contributed by atoms with Gasteiger partial charge in [-0.3, -0.25) is 4.79 Å². The van der Waals surface area contributed by atoms with Gasteiger partial charge in [0, 0.05) is 5.92 Å². The SMILES string of the molecule is O=C(COC1CCC1)C1CCCC1. The van der Waals surface area contributed by atoms with Gasteiger partial charge in [-0.25, -0.2) is 0 Å². The van der Waals surface area contributed by atoms with Gasteiger partial charge in [-0.2, -0.15) is 0 Å². The molecular weight excluding hydrogens is 164 g/mol. The van der Waals surface area contributed by atoms with Crippen molar-refractivity contribution in [1.82, 2.24) is 0 Å². The van der Waals surface area contributed by atoms with Crippen LogP contribution >= 0.6 is 0 Å². The Morgan fingerprint density at radius 3 is 2.31 bits per heavy atom. The Morgan fingerprint density at radius 2 is 1.77 bits per heavy atom. The molecule has 2 rings (SSSR count). The van der Waals surface area contributed by atoms with Crippen molar-refractivity contribution in [1.29, 1.82) is 0 Å². The van der Waals surface area contributed by atoms with Gasteiger partial charge in [0.05, 0.1) is 6.10 Å². The molecule has 2 heteroatoms. The van der Waals surface area contributed by atoms with E-state index in [1.807, 2.05) is 0 Å². The maximum atomic E-state index is 11.6. The highest BCUT2D eigenvalue weighted by Crippen LogP contribution is 2.27. The summed E-state index contributed by atoms with van der Waals surface area (Å²) in [5.41, 5.74) is 0. The van der Waals surface area contributed by atoms with Crippen molar-refractivity contribution in [3.8, 4) is 0 Å². The summed E-state index contributed by atoms with van der Waals surface area (Å²) in [4.78, 5) is 11.6. The summed E-state index contributed by atoms with van der Waals surface area (Å²) in [6, 6.07) is 0. The van der Waals surface area contributed by atoms with Gasteiger partial charge in [0.2, 0.25) is 0 Å². The summed E-state index contributed by atoms with van der Waals surface area (Å²) in [6.07, 6.45) is 8.70. The molecule has 0 spiro atoms. The average molecular weight is 182 g/mol. The number of rotatable bonds is 4. The van der Waals surface area contributed by atoms with E-state index in [2.05, 4.69) is 0 Å². The van der Waals surface area contributed by atoms with Crippen LogP contribution in [0, 0.1) is 5.92 Å². The minimum absolute atomic E-state index is 0.333. The van der Waals surface area contributed by atoms with E-state index in [0.717, 1.165) is 25.7 Å². The van der Waals surface area contributed by atoms with Crippen LogP contribution in [0.25, 0.3) is 0 Å². The maximum absolute atomic E-state index is 11.6. The third-order valence-corrected chi connectivity index (χ3v) is 3.32. The summed E-state index contributed by atoms with van der Waals surface area (Å²) < 4.78 is 5.50. The third-order valence-electron chi connectivity index (χ3n) is 3.32. The Hall–Kier alpha value is -0.370. The molecule has 0 amide bonds. The van der Waals surface area contributed by atoms with Crippen LogP contribution in [0.3, 0.4) is 0 Å². The molecule has 0 heterocycles. The highest BCUT2D eigenvalue weighted by Gasteiger charge is 2.25. The number of carbonyl (C=O) groups excluding carboxylic acids is 1. The normalized spacial score (nSPS) is 24.6. The first kappa shape index (κ1) is 9.20. The highest BCUT2D eigenvalue weighted by atomic mass is 16.5. The molecule has 74 valence electrons. The summed E-state index contributed by atoms with van der Waals surface area (Å²) in [7, 11) is 0. The Bertz CT molecular complexity index is 179. The molecule has 0 bridgehead atoms. The van der Waals surface area contributed by atoms with Crippen LogP contribution in [-0.4, -0.2) is 18.5 Å². The third kappa shape index (κ3) is 2.31. The molecule has 0 aromatic rings. The summed E-state index contributed by atoms with van der Waals surface area (Å²) in [6.45, 7) is 0.384. The van der Waals surface area contributed by atoms with E-state index in [0.29, 0.717) is 24.4 Å². The van der Waals surface area contributed by atoms with Crippen LogP contribution in [0.4, 0.5) is 0 Å². The van der Waals surface area contributed by atoms with E-state index in [1.165, 1.54) is 19.3 Å². The van der Waals surface area contributed by atoms with Crippen molar-refractivity contribution >= 4 is 5.78 Å². The lowest BCUT2D eigenvalue weighted by Crippen LogP contribution is -2.27. The lowest BCUT2D eigenvalue weighted by atomic mass is 9.96. The van der Waals surface area contributed by atoms with Gasteiger partial charge in [0.1, 0.15) is 6.61 Å². The van der Waals surface area contributed by atoms with Gasteiger partial charge in [-0.15, -0.1) is 0 Å². The van der Waals surface area contributed by atoms with Crippen LogP contribution in [0.5, 0.6) is 0 Å². The molecule has 2 saturated carbocycles. The smallest absolute Gasteiger partial charge is 0.161 e. The molecule has 0 aromatic heterocycles. The maximum Gasteiger partial charge on any atom is 0.161 e. The second-order valence-corrected chi connectivity index (χ2v) is 4.31. The van der Waals surface area contributed by atoms with Crippen molar-refractivity contribution in [2.24, 2.45) is 5.92 Å². The number of ether oxygens (including phenoxy) is 1. The van der Waals surface area contributed by atoms with Gasteiger partial charge in [-0.05, 0) is 32.1 Å². The first-order chi connectivity index (χ1) is 6.36. The first-order valence-corrected chi connectivity index (χ1v) is 5.50. The molecule has 2 fully saturated rings. The predicted octanol–water partition coefficient (Wildman–Crippen LogP) is 2.31. The van der Waals surface area contributed by atoms with Gasteiger partial charge in [-0.1, -0.05) is 12.8 Å². The largest absolute Gasteiger partial charge is 0.370 e. The fourth-order valence-electron chi connectivity index (χ4n) is 2.10. The Morgan fingerprint density at radius 1 is 1.08 bits per heavy atom. The van der Waals surface area contributed by atoms with E-state index in [4.69, 9.17) is 4.74 Å².